The lowest BCUT2D eigenvalue weighted by Gasteiger charge is -2.33. The van der Waals surface area contributed by atoms with Crippen LogP contribution in [0.4, 0.5) is 0 Å². The topological polar surface area (TPSA) is 6.48 Å². The molecule has 1 rings (SSSR count). The number of nitrogens with zero attached hydrogens (tertiary/aromatic N) is 2. The summed E-state index contributed by atoms with van der Waals surface area (Å²) in [7, 11) is 0. The van der Waals surface area contributed by atoms with Crippen LogP contribution >= 0.6 is 0 Å². The third-order valence-corrected chi connectivity index (χ3v) is 9.07. The van der Waals surface area contributed by atoms with E-state index in [0.29, 0.717) is 6.17 Å². The van der Waals surface area contributed by atoms with E-state index in [4.69, 9.17) is 0 Å². The molecule has 39 heavy (non-hydrogen) atoms. The van der Waals surface area contributed by atoms with Crippen LogP contribution in [0.1, 0.15) is 207 Å². The van der Waals surface area contributed by atoms with Crippen LogP contribution in [0.3, 0.4) is 0 Å². The maximum absolute atomic E-state index is 2.70. The molecule has 0 saturated carbocycles. The maximum Gasteiger partial charge on any atom is 0.101 e. The number of hydrogen-bond donors (Lipinski definition) is 0. The fraction of sp³-hybridized carbons (Fsp3) is 0.946. The lowest BCUT2D eigenvalue weighted by molar-refractivity contribution is 0.135. The third kappa shape index (κ3) is 21.7. The van der Waals surface area contributed by atoms with Crippen molar-refractivity contribution in [2.75, 3.05) is 13.1 Å². The first kappa shape index (κ1) is 36.4. The van der Waals surface area contributed by atoms with Crippen molar-refractivity contribution < 1.29 is 0 Å². The van der Waals surface area contributed by atoms with Crippen LogP contribution in [0.25, 0.3) is 0 Å². The predicted molar refractivity (Wildman–Crippen MR) is 177 cm³/mol. The Morgan fingerprint density at radius 2 is 0.590 bits per heavy atom. The van der Waals surface area contributed by atoms with Crippen molar-refractivity contribution in [2.45, 2.75) is 213 Å². The summed E-state index contributed by atoms with van der Waals surface area (Å²) in [5.41, 5.74) is 0. The van der Waals surface area contributed by atoms with E-state index >= 15 is 0 Å². The molecule has 0 saturated heterocycles. The van der Waals surface area contributed by atoms with Crippen molar-refractivity contribution in [3.63, 3.8) is 0 Å². The van der Waals surface area contributed by atoms with Gasteiger partial charge >= 0.3 is 0 Å². The molecule has 0 radical (unpaired) electrons. The largest absolute Gasteiger partial charge is 0.356 e. The van der Waals surface area contributed by atoms with Gasteiger partial charge in [0.1, 0.15) is 6.17 Å². The average Bonchev–Trinajstić information content (AvgIpc) is 3.33. The Bertz CT molecular complexity index is 502. The molecular weight excluding hydrogens is 472 g/mol. The summed E-state index contributed by atoms with van der Waals surface area (Å²) in [6.07, 6.45) is 47.0. The molecule has 0 aliphatic carbocycles. The van der Waals surface area contributed by atoms with Crippen molar-refractivity contribution in [1.29, 1.82) is 0 Å². The Balaban J connectivity index is 2.14. The zero-order chi connectivity index (χ0) is 28.1. The molecule has 0 aromatic carbocycles. The van der Waals surface area contributed by atoms with Gasteiger partial charge in [0.15, 0.2) is 0 Å². The molecule has 2 nitrogen and oxygen atoms in total. The first-order chi connectivity index (χ1) is 19.3. The van der Waals surface area contributed by atoms with Crippen molar-refractivity contribution in [3.8, 4) is 0 Å². The molecule has 1 heterocycles. The van der Waals surface area contributed by atoms with E-state index in [2.05, 4.69) is 43.0 Å². The predicted octanol–water partition coefficient (Wildman–Crippen LogP) is 12.8. The average molecular weight is 547 g/mol. The van der Waals surface area contributed by atoms with Crippen LogP contribution in [-0.2, 0) is 0 Å². The Morgan fingerprint density at radius 1 is 0.333 bits per heavy atom. The van der Waals surface area contributed by atoms with Crippen molar-refractivity contribution >= 4 is 0 Å². The Kier molecular flexibility index (Phi) is 26.9. The van der Waals surface area contributed by atoms with Crippen LogP contribution in [0.15, 0.2) is 12.4 Å². The third-order valence-electron chi connectivity index (χ3n) is 9.07. The summed E-state index contributed by atoms with van der Waals surface area (Å²) in [6, 6.07) is 0. The number of rotatable bonds is 31. The molecule has 1 unspecified atom stereocenters. The molecular formula is C37H74N2. The molecule has 0 amide bonds. The zero-order valence-electron chi connectivity index (χ0n) is 27.5. The highest BCUT2D eigenvalue weighted by Crippen LogP contribution is 2.24. The van der Waals surface area contributed by atoms with Gasteiger partial charge in [-0.3, -0.25) is 0 Å². The van der Waals surface area contributed by atoms with Gasteiger partial charge in [-0.2, -0.15) is 0 Å². The van der Waals surface area contributed by atoms with Gasteiger partial charge in [-0.05, 0) is 25.7 Å². The highest BCUT2D eigenvalue weighted by Gasteiger charge is 2.24. The van der Waals surface area contributed by atoms with Crippen molar-refractivity contribution in [2.24, 2.45) is 0 Å². The zero-order valence-corrected chi connectivity index (χ0v) is 27.5. The summed E-state index contributed by atoms with van der Waals surface area (Å²) in [5, 5.41) is 0. The quantitative estimate of drug-likeness (QED) is 0.0798. The second-order valence-corrected chi connectivity index (χ2v) is 12.9. The Morgan fingerprint density at radius 3 is 0.897 bits per heavy atom. The van der Waals surface area contributed by atoms with Gasteiger partial charge in [-0.25, -0.2) is 0 Å². The molecule has 0 aromatic heterocycles. The van der Waals surface area contributed by atoms with E-state index < -0.39 is 0 Å². The smallest absolute Gasteiger partial charge is 0.101 e. The molecule has 0 N–H and O–H groups in total. The lowest BCUT2D eigenvalue weighted by atomic mass is 10.0. The minimum Gasteiger partial charge on any atom is -0.356 e. The standard InChI is InChI=1S/C37H74N2/c1-4-7-10-13-15-17-18-19-20-21-22-23-24-26-29-32-37-38(33-30-27-12-9-6-3)35-36-39(37)34-31-28-25-16-14-11-8-5-2/h35-37H,4-34H2,1-3H3. The molecule has 232 valence electrons. The number of unbranched alkanes of at least 4 members (excludes halogenated alkanes) is 25. The van der Waals surface area contributed by atoms with E-state index in [-0.39, 0.29) is 0 Å². The lowest BCUT2D eigenvalue weighted by Crippen LogP contribution is -2.39. The van der Waals surface area contributed by atoms with Gasteiger partial charge in [0.05, 0.1) is 0 Å². The minimum absolute atomic E-state index is 0.641. The molecule has 0 bridgehead atoms. The second-order valence-electron chi connectivity index (χ2n) is 12.9. The molecule has 0 aromatic rings. The molecule has 2 heteroatoms. The molecule has 0 fully saturated rings. The summed E-state index contributed by atoms with van der Waals surface area (Å²) in [5.74, 6) is 0. The normalized spacial score (nSPS) is 15.2. The van der Waals surface area contributed by atoms with Crippen LogP contribution in [0.2, 0.25) is 0 Å². The van der Waals surface area contributed by atoms with E-state index in [0.717, 1.165) is 0 Å². The van der Waals surface area contributed by atoms with Crippen LogP contribution < -0.4 is 0 Å². The fourth-order valence-corrected chi connectivity index (χ4v) is 6.36. The summed E-state index contributed by atoms with van der Waals surface area (Å²) < 4.78 is 0. The first-order valence-electron chi connectivity index (χ1n) is 18.5. The molecule has 0 spiro atoms. The second kappa shape index (κ2) is 28.9. The van der Waals surface area contributed by atoms with Gasteiger partial charge in [0.25, 0.3) is 0 Å². The molecule has 1 aliphatic rings. The highest BCUT2D eigenvalue weighted by atomic mass is 15.4. The van der Waals surface area contributed by atoms with E-state index in [1.807, 2.05) is 0 Å². The van der Waals surface area contributed by atoms with Crippen LogP contribution in [0.5, 0.6) is 0 Å². The van der Waals surface area contributed by atoms with E-state index in [1.165, 1.54) is 199 Å². The van der Waals surface area contributed by atoms with E-state index in [1.54, 1.807) is 0 Å². The van der Waals surface area contributed by atoms with Crippen LogP contribution in [0, 0.1) is 0 Å². The highest BCUT2D eigenvalue weighted by molar-refractivity contribution is 4.97. The van der Waals surface area contributed by atoms with Crippen LogP contribution in [-0.4, -0.2) is 29.1 Å². The SMILES string of the molecule is CCCCCCCCCCCCCCCCCC1N(CCCCCCC)C=CN1CCCCCCCCCC. The van der Waals surface area contributed by atoms with Crippen molar-refractivity contribution in [3.05, 3.63) is 12.4 Å². The van der Waals surface area contributed by atoms with E-state index in [9.17, 15) is 0 Å². The molecule has 1 aliphatic heterocycles. The Hall–Kier alpha value is -0.660. The Labute approximate surface area is 248 Å². The summed E-state index contributed by atoms with van der Waals surface area (Å²) in [6.45, 7) is 9.47. The van der Waals surface area contributed by atoms with Gasteiger partial charge in [-0.15, -0.1) is 0 Å². The maximum atomic E-state index is 2.70. The minimum atomic E-state index is 0.641. The van der Waals surface area contributed by atoms with Gasteiger partial charge in [-0.1, -0.05) is 181 Å². The summed E-state index contributed by atoms with van der Waals surface area (Å²) >= 11 is 0. The van der Waals surface area contributed by atoms with Gasteiger partial charge in [0, 0.05) is 25.5 Å². The van der Waals surface area contributed by atoms with Gasteiger partial charge in [0.2, 0.25) is 0 Å². The summed E-state index contributed by atoms with van der Waals surface area (Å²) in [4.78, 5) is 5.40. The molecule has 1 atom stereocenters. The number of hydrogen-bond acceptors (Lipinski definition) is 2. The first-order valence-corrected chi connectivity index (χ1v) is 18.5. The van der Waals surface area contributed by atoms with Gasteiger partial charge < -0.3 is 9.80 Å². The van der Waals surface area contributed by atoms with Crippen molar-refractivity contribution in [1.82, 2.24) is 9.80 Å². The monoisotopic (exact) mass is 547 g/mol. The fourth-order valence-electron chi connectivity index (χ4n) is 6.36.